The highest BCUT2D eigenvalue weighted by Gasteiger charge is 2.14. The monoisotopic (exact) mass is 319 g/mol. The van der Waals surface area contributed by atoms with Crippen molar-refractivity contribution in [3.8, 4) is 0 Å². The Kier molecular flexibility index (Phi) is 4.99. The Morgan fingerprint density at radius 1 is 0.958 bits per heavy atom. The molecule has 2 aromatic carbocycles. The summed E-state index contributed by atoms with van der Waals surface area (Å²) in [5.41, 5.74) is 4.55. The fourth-order valence-electron chi connectivity index (χ4n) is 2.89. The summed E-state index contributed by atoms with van der Waals surface area (Å²) in [7, 11) is 0. The largest absolute Gasteiger partial charge is 0.382 e. The highest BCUT2D eigenvalue weighted by molar-refractivity contribution is 5.92. The molecular formula is C21H25N3. The Morgan fingerprint density at radius 2 is 1.67 bits per heavy atom. The van der Waals surface area contributed by atoms with Crippen molar-refractivity contribution in [2.45, 2.75) is 26.8 Å². The van der Waals surface area contributed by atoms with E-state index in [1.54, 1.807) is 0 Å². The number of fused-ring (bicyclic) bond motifs is 1. The molecule has 1 unspecified atom stereocenters. The Hall–Kier alpha value is -2.55. The predicted octanol–water partition coefficient (Wildman–Crippen LogP) is 5.09. The van der Waals surface area contributed by atoms with E-state index in [0.717, 1.165) is 17.7 Å². The quantitative estimate of drug-likeness (QED) is 0.664. The molecule has 1 aromatic heterocycles. The molecule has 1 atom stereocenters. The lowest BCUT2D eigenvalue weighted by Gasteiger charge is -2.25. The van der Waals surface area contributed by atoms with Crippen molar-refractivity contribution in [1.29, 1.82) is 0 Å². The van der Waals surface area contributed by atoms with Gasteiger partial charge >= 0.3 is 0 Å². The zero-order chi connectivity index (χ0) is 16.9. The summed E-state index contributed by atoms with van der Waals surface area (Å²) in [6, 6.07) is 19.0. The van der Waals surface area contributed by atoms with Gasteiger partial charge in [-0.2, -0.15) is 0 Å². The number of benzene rings is 2. The maximum absolute atomic E-state index is 4.52. The number of nitrogens with one attached hydrogen (secondary N) is 2. The van der Waals surface area contributed by atoms with E-state index in [1.807, 2.05) is 18.3 Å². The first-order valence-electron chi connectivity index (χ1n) is 8.55. The third-order valence-corrected chi connectivity index (χ3v) is 4.39. The van der Waals surface area contributed by atoms with Gasteiger partial charge in [-0.1, -0.05) is 50.2 Å². The smallest absolute Gasteiger partial charge is 0.0722 e. The van der Waals surface area contributed by atoms with Crippen LogP contribution in [0.25, 0.3) is 10.9 Å². The zero-order valence-corrected chi connectivity index (χ0v) is 14.6. The van der Waals surface area contributed by atoms with Gasteiger partial charge in [0.05, 0.1) is 5.52 Å². The number of aryl methyl sites for hydroxylation is 1. The normalized spacial score (nSPS) is 12.3. The van der Waals surface area contributed by atoms with Gasteiger partial charge in [0.2, 0.25) is 0 Å². The number of para-hydroxylation sites is 2. The first kappa shape index (κ1) is 16.3. The van der Waals surface area contributed by atoms with Gasteiger partial charge in [0.15, 0.2) is 0 Å². The second-order valence-electron chi connectivity index (χ2n) is 6.58. The van der Waals surface area contributed by atoms with E-state index in [9.17, 15) is 0 Å². The second-order valence-corrected chi connectivity index (χ2v) is 6.58. The number of aromatic nitrogens is 1. The fraction of sp³-hybridized carbons (Fsp3) is 0.286. The van der Waals surface area contributed by atoms with Crippen molar-refractivity contribution in [1.82, 2.24) is 4.98 Å². The van der Waals surface area contributed by atoms with Crippen LogP contribution in [0.15, 0.2) is 60.8 Å². The average molecular weight is 319 g/mol. The van der Waals surface area contributed by atoms with Gasteiger partial charge in [-0.3, -0.25) is 4.98 Å². The minimum atomic E-state index is 0.346. The summed E-state index contributed by atoms with van der Waals surface area (Å²) in [6.07, 6.45) is 1.94. The molecule has 0 spiro atoms. The van der Waals surface area contributed by atoms with Crippen molar-refractivity contribution >= 4 is 22.3 Å². The summed E-state index contributed by atoms with van der Waals surface area (Å²) in [5, 5.41) is 8.47. The van der Waals surface area contributed by atoms with E-state index in [1.165, 1.54) is 16.6 Å². The van der Waals surface area contributed by atoms with Gasteiger partial charge < -0.3 is 10.6 Å². The number of pyridine rings is 1. The first-order valence-corrected chi connectivity index (χ1v) is 8.55. The molecule has 0 aliphatic carbocycles. The van der Waals surface area contributed by atoms with E-state index in [-0.39, 0.29) is 0 Å². The molecule has 0 aliphatic rings. The van der Waals surface area contributed by atoms with E-state index in [2.05, 4.69) is 78.9 Å². The van der Waals surface area contributed by atoms with Crippen LogP contribution in [0.5, 0.6) is 0 Å². The number of hydrogen-bond donors (Lipinski definition) is 2. The molecule has 1 heterocycles. The molecule has 3 aromatic rings. The molecule has 3 heteroatoms. The third kappa shape index (κ3) is 3.67. The van der Waals surface area contributed by atoms with Crippen LogP contribution >= 0.6 is 0 Å². The van der Waals surface area contributed by atoms with E-state index in [4.69, 9.17) is 0 Å². The Morgan fingerprint density at radius 3 is 2.42 bits per heavy atom. The summed E-state index contributed by atoms with van der Waals surface area (Å²) in [6.45, 7) is 7.47. The molecule has 0 fully saturated rings. The number of rotatable bonds is 6. The predicted molar refractivity (Wildman–Crippen MR) is 104 cm³/mol. The SMILES string of the molecule is Cc1cnc2ccccc2c1NCC(Nc1ccccc1)C(C)C. The van der Waals surface area contributed by atoms with Crippen LogP contribution in [0.2, 0.25) is 0 Å². The molecule has 0 aliphatic heterocycles. The van der Waals surface area contributed by atoms with E-state index >= 15 is 0 Å². The molecule has 0 radical (unpaired) electrons. The van der Waals surface area contributed by atoms with Gasteiger partial charge in [-0.25, -0.2) is 0 Å². The lowest BCUT2D eigenvalue weighted by molar-refractivity contribution is 0.542. The second kappa shape index (κ2) is 7.35. The Balaban J connectivity index is 1.79. The van der Waals surface area contributed by atoms with Gasteiger partial charge in [-0.05, 0) is 36.6 Å². The molecule has 2 N–H and O–H groups in total. The molecule has 0 bridgehead atoms. The molecule has 0 saturated carbocycles. The highest BCUT2D eigenvalue weighted by atomic mass is 15.0. The van der Waals surface area contributed by atoms with Gasteiger partial charge in [0.25, 0.3) is 0 Å². The minimum Gasteiger partial charge on any atom is -0.382 e. The molecular weight excluding hydrogens is 294 g/mol. The van der Waals surface area contributed by atoms with Crippen LogP contribution in [-0.2, 0) is 0 Å². The maximum Gasteiger partial charge on any atom is 0.0722 e. The van der Waals surface area contributed by atoms with Crippen LogP contribution in [-0.4, -0.2) is 17.6 Å². The van der Waals surface area contributed by atoms with Gasteiger partial charge in [0, 0.05) is 35.5 Å². The van der Waals surface area contributed by atoms with E-state index in [0.29, 0.717) is 12.0 Å². The standard InChI is InChI=1S/C21H25N3/c1-15(2)20(24-17-9-5-4-6-10-17)14-23-21-16(3)13-22-19-12-8-7-11-18(19)21/h4-13,15,20,24H,14H2,1-3H3,(H,22,23). The molecule has 0 saturated heterocycles. The zero-order valence-electron chi connectivity index (χ0n) is 14.6. The number of anilines is 2. The molecule has 0 amide bonds. The first-order chi connectivity index (χ1) is 11.6. The third-order valence-electron chi connectivity index (χ3n) is 4.39. The molecule has 3 rings (SSSR count). The van der Waals surface area contributed by atoms with Crippen LogP contribution < -0.4 is 10.6 Å². The van der Waals surface area contributed by atoms with Crippen molar-refractivity contribution in [3.63, 3.8) is 0 Å². The summed E-state index contributed by atoms with van der Waals surface area (Å²) >= 11 is 0. The lowest BCUT2D eigenvalue weighted by atomic mass is 10.0. The van der Waals surface area contributed by atoms with Gasteiger partial charge in [0.1, 0.15) is 0 Å². The summed E-state index contributed by atoms with van der Waals surface area (Å²) in [4.78, 5) is 4.52. The van der Waals surface area contributed by atoms with Crippen LogP contribution in [0.4, 0.5) is 11.4 Å². The number of hydrogen-bond acceptors (Lipinski definition) is 3. The molecule has 3 nitrogen and oxygen atoms in total. The van der Waals surface area contributed by atoms with Crippen molar-refractivity contribution < 1.29 is 0 Å². The summed E-state index contributed by atoms with van der Waals surface area (Å²) < 4.78 is 0. The lowest BCUT2D eigenvalue weighted by Crippen LogP contribution is -2.33. The fourth-order valence-corrected chi connectivity index (χ4v) is 2.89. The van der Waals surface area contributed by atoms with Crippen LogP contribution in [0.3, 0.4) is 0 Å². The molecule has 124 valence electrons. The van der Waals surface area contributed by atoms with Crippen molar-refractivity contribution in [3.05, 3.63) is 66.4 Å². The summed E-state index contributed by atoms with van der Waals surface area (Å²) in [5.74, 6) is 0.520. The topological polar surface area (TPSA) is 37.0 Å². The Bertz CT molecular complexity index is 797. The highest BCUT2D eigenvalue weighted by Crippen LogP contribution is 2.25. The Labute approximate surface area is 144 Å². The maximum atomic E-state index is 4.52. The minimum absolute atomic E-state index is 0.346. The van der Waals surface area contributed by atoms with Crippen molar-refractivity contribution in [2.75, 3.05) is 17.2 Å². The van der Waals surface area contributed by atoms with E-state index < -0.39 is 0 Å². The molecule has 24 heavy (non-hydrogen) atoms. The van der Waals surface area contributed by atoms with Crippen molar-refractivity contribution in [2.24, 2.45) is 5.92 Å². The average Bonchev–Trinajstić information content (AvgIpc) is 2.60. The van der Waals surface area contributed by atoms with Crippen LogP contribution in [0.1, 0.15) is 19.4 Å². The van der Waals surface area contributed by atoms with Crippen LogP contribution in [0, 0.1) is 12.8 Å². The van der Waals surface area contributed by atoms with Gasteiger partial charge in [-0.15, -0.1) is 0 Å². The number of nitrogens with zero attached hydrogens (tertiary/aromatic N) is 1.